The van der Waals surface area contributed by atoms with Gasteiger partial charge in [0, 0.05) is 19.1 Å². The van der Waals surface area contributed by atoms with Crippen molar-refractivity contribution in [3.63, 3.8) is 0 Å². The number of hydrogen-bond acceptors (Lipinski definition) is 4. The Balaban J connectivity index is 0.00000264. The van der Waals surface area contributed by atoms with E-state index in [1.165, 1.54) is 4.31 Å². The monoisotopic (exact) mass is 362 g/mol. The molecule has 0 aliphatic carbocycles. The van der Waals surface area contributed by atoms with Crippen molar-refractivity contribution in [2.45, 2.75) is 50.5 Å². The van der Waals surface area contributed by atoms with Crippen LogP contribution in [0, 0.1) is 6.92 Å². The molecule has 1 aromatic carbocycles. The summed E-state index contributed by atoms with van der Waals surface area (Å²) >= 11 is 0. The minimum absolute atomic E-state index is 0. The standard InChI is InChI=1S/C16H26N2O3S.ClH/c1-11(2)14-9-16(12(3)8-15(14)21-4)22(19,20)18-7-5-6-13(17)10-18;/h8-9,11,13H,5-7,10,17H2,1-4H3;1H. The van der Waals surface area contributed by atoms with Gasteiger partial charge < -0.3 is 10.5 Å². The molecule has 23 heavy (non-hydrogen) atoms. The number of hydrogen-bond donors (Lipinski definition) is 1. The van der Waals surface area contributed by atoms with Crippen molar-refractivity contribution in [1.82, 2.24) is 4.31 Å². The molecule has 0 radical (unpaired) electrons. The zero-order chi connectivity index (χ0) is 16.5. The molecule has 5 nitrogen and oxygen atoms in total. The van der Waals surface area contributed by atoms with Crippen molar-refractivity contribution in [3.05, 3.63) is 23.3 Å². The Morgan fingerprint density at radius 2 is 2.00 bits per heavy atom. The Morgan fingerprint density at radius 1 is 1.35 bits per heavy atom. The van der Waals surface area contributed by atoms with Crippen LogP contribution in [0.25, 0.3) is 0 Å². The van der Waals surface area contributed by atoms with Gasteiger partial charge in [-0.1, -0.05) is 13.8 Å². The summed E-state index contributed by atoms with van der Waals surface area (Å²) in [5.41, 5.74) is 7.55. The van der Waals surface area contributed by atoms with Crippen molar-refractivity contribution < 1.29 is 13.2 Å². The fraction of sp³-hybridized carbons (Fsp3) is 0.625. The molecular weight excluding hydrogens is 336 g/mol. The second-order valence-electron chi connectivity index (χ2n) is 6.28. The van der Waals surface area contributed by atoms with Crippen LogP contribution in [0.4, 0.5) is 0 Å². The van der Waals surface area contributed by atoms with Crippen LogP contribution in [-0.2, 0) is 10.0 Å². The lowest BCUT2D eigenvalue weighted by Gasteiger charge is -2.30. The van der Waals surface area contributed by atoms with E-state index in [2.05, 4.69) is 0 Å². The molecule has 2 N–H and O–H groups in total. The van der Waals surface area contributed by atoms with Gasteiger partial charge >= 0.3 is 0 Å². The van der Waals surface area contributed by atoms with E-state index < -0.39 is 10.0 Å². The van der Waals surface area contributed by atoms with E-state index in [4.69, 9.17) is 10.5 Å². The Hall–Kier alpha value is -0.820. The van der Waals surface area contributed by atoms with Gasteiger partial charge in [0.25, 0.3) is 0 Å². The van der Waals surface area contributed by atoms with Gasteiger partial charge in [-0.3, -0.25) is 0 Å². The summed E-state index contributed by atoms with van der Waals surface area (Å²) in [7, 11) is -1.90. The lowest BCUT2D eigenvalue weighted by atomic mass is 10.0. The van der Waals surface area contributed by atoms with Gasteiger partial charge in [-0.2, -0.15) is 4.31 Å². The zero-order valence-electron chi connectivity index (χ0n) is 14.2. The molecule has 0 bridgehead atoms. The molecule has 1 saturated heterocycles. The maximum Gasteiger partial charge on any atom is 0.243 e. The first-order valence-corrected chi connectivity index (χ1v) is 9.15. The van der Waals surface area contributed by atoms with E-state index in [1.807, 2.05) is 26.8 Å². The van der Waals surface area contributed by atoms with E-state index in [0.717, 1.165) is 24.2 Å². The molecule has 1 aliphatic rings. The van der Waals surface area contributed by atoms with E-state index in [-0.39, 0.29) is 24.4 Å². The summed E-state index contributed by atoms with van der Waals surface area (Å²) in [6, 6.07) is 3.49. The molecular formula is C16H27ClN2O3S. The fourth-order valence-corrected chi connectivity index (χ4v) is 4.69. The first-order valence-electron chi connectivity index (χ1n) is 7.71. The van der Waals surface area contributed by atoms with Crippen molar-refractivity contribution in [2.24, 2.45) is 5.73 Å². The first kappa shape index (κ1) is 20.2. The van der Waals surface area contributed by atoms with E-state index in [1.54, 1.807) is 13.2 Å². The van der Waals surface area contributed by atoms with Gasteiger partial charge in [0.2, 0.25) is 10.0 Å². The second kappa shape index (κ2) is 7.83. The molecule has 7 heteroatoms. The molecule has 0 spiro atoms. The van der Waals surface area contributed by atoms with Crippen LogP contribution in [0.15, 0.2) is 17.0 Å². The Kier molecular flexibility index (Phi) is 6.89. The molecule has 1 atom stereocenters. The molecule has 1 aliphatic heterocycles. The van der Waals surface area contributed by atoms with Gasteiger partial charge in [0.15, 0.2) is 0 Å². The first-order chi connectivity index (χ1) is 10.3. The SMILES string of the molecule is COc1cc(C)c(S(=O)(=O)N2CCCC(N)C2)cc1C(C)C.Cl. The summed E-state index contributed by atoms with van der Waals surface area (Å²) in [5.74, 6) is 0.926. The predicted octanol–water partition coefficient (Wildman–Crippen LogP) is 2.66. The van der Waals surface area contributed by atoms with Crippen LogP contribution < -0.4 is 10.5 Å². The Morgan fingerprint density at radius 3 is 2.52 bits per heavy atom. The lowest BCUT2D eigenvalue weighted by molar-refractivity contribution is 0.316. The van der Waals surface area contributed by atoms with E-state index in [9.17, 15) is 8.42 Å². The number of benzene rings is 1. The number of nitrogens with two attached hydrogens (primary N) is 1. The minimum atomic E-state index is -3.51. The third-order valence-electron chi connectivity index (χ3n) is 4.19. The smallest absolute Gasteiger partial charge is 0.243 e. The lowest BCUT2D eigenvalue weighted by Crippen LogP contribution is -2.45. The van der Waals surface area contributed by atoms with Crippen molar-refractivity contribution >= 4 is 22.4 Å². The quantitative estimate of drug-likeness (QED) is 0.893. The second-order valence-corrected chi connectivity index (χ2v) is 8.19. The highest BCUT2D eigenvalue weighted by molar-refractivity contribution is 7.89. The summed E-state index contributed by atoms with van der Waals surface area (Å²) in [5, 5.41) is 0. The maximum atomic E-state index is 13.0. The average Bonchev–Trinajstić information content (AvgIpc) is 2.46. The highest BCUT2D eigenvalue weighted by Gasteiger charge is 2.31. The van der Waals surface area contributed by atoms with Crippen molar-refractivity contribution in [2.75, 3.05) is 20.2 Å². The number of aryl methyl sites for hydroxylation is 1. The third kappa shape index (κ3) is 4.18. The van der Waals surface area contributed by atoms with Crippen LogP contribution in [0.3, 0.4) is 0 Å². The van der Waals surface area contributed by atoms with Crippen LogP contribution in [0.1, 0.15) is 43.7 Å². The van der Waals surface area contributed by atoms with Crippen molar-refractivity contribution in [1.29, 1.82) is 0 Å². The van der Waals surface area contributed by atoms with Gasteiger partial charge in [-0.05, 0) is 48.9 Å². The summed E-state index contributed by atoms with van der Waals surface area (Å²) in [6.45, 7) is 6.80. The van der Waals surface area contributed by atoms with Gasteiger partial charge in [0.05, 0.1) is 12.0 Å². The highest BCUT2D eigenvalue weighted by Crippen LogP contribution is 2.33. The number of halogens is 1. The fourth-order valence-electron chi connectivity index (χ4n) is 2.91. The normalized spacial score (nSPS) is 19.5. The molecule has 1 aromatic rings. The molecule has 132 valence electrons. The molecule has 2 rings (SSSR count). The number of ether oxygens (including phenoxy) is 1. The zero-order valence-corrected chi connectivity index (χ0v) is 15.8. The number of nitrogens with zero attached hydrogens (tertiary/aromatic N) is 1. The predicted molar refractivity (Wildman–Crippen MR) is 95.0 cm³/mol. The van der Waals surface area contributed by atoms with Crippen LogP contribution in [0.2, 0.25) is 0 Å². The summed E-state index contributed by atoms with van der Waals surface area (Å²) in [4.78, 5) is 0.367. The average molecular weight is 363 g/mol. The highest BCUT2D eigenvalue weighted by atomic mass is 35.5. The Labute approximate surface area is 145 Å². The molecule has 0 aromatic heterocycles. The van der Waals surface area contributed by atoms with E-state index >= 15 is 0 Å². The summed E-state index contributed by atoms with van der Waals surface area (Å²) < 4.78 is 32.8. The van der Waals surface area contributed by atoms with E-state index in [0.29, 0.717) is 23.5 Å². The molecule has 0 amide bonds. The van der Waals surface area contributed by atoms with Crippen LogP contribution in [-0.4, -0.2) is 39.0 Å². The van der Waals surface area contributed by atoms with Crippen LogP contribution in [0.5, 0.6) is 5.75 Å². The van der Waals surface area contributed by atoms with Crippen molar-refractivity contribution in [3.8, 4) is 5.75 Å². The summed E-state index contributed by atoms with van der Waals surface area (Å²) in [6.07, 6.45) is 1.69. The number of sulfonamides is 1. The molecule has 0 saturated carbocycles. The van der Waals surface area contributed by atoms with Gasteiger partial charge in [-0.25, -0.2) is 8.42 Å². The van der Waals surface area contributed by atoms with Crippen LogP contribution >= 0.6 is 12.4 Å². The van der Waals surface area contributed by atoms with Gasteiger partial charge in [-0.15, -0.1) is 12.4 Å². The third-order valence-corrected chi connectivity index (χ3v) is 6.19. The number of rotatable bonds is 4. The topological polar surface area (TPSA) is 72.6 Å². The van der Waals surface area contributed by atoms with Gasteiger partial charge in [0.1, 0.15) is 5.75 Å². The number of piperidine rings is 1. The molecule has 1 heterocycles. The number of methoxy groups -OCH3 is 1. The Bertz CT molecular complexity index is 647. The largest absolute Gasteiger partial charge is 0.496 e. The minimum Gasteiger partial charge on any atom is -0.496 e. The molecule has 1 fully saturated rings. The maximum absolute atomic E-state index is 13.0. The molecule has 1 unspecified atom stereocenters.